The monoisotopic (exact) mass is 605 g/mol. The number of benzene rings is 5. The van der Waals surface area contributed by atoms with Crippen molar-refractivity contribution in [3.63, 3.8) is 0 Å². The van der Waals surface area contributed by atoms with Crippen LogP contribution in [0.2, 0.25) is 0 Å². The molecule has 0 bridgehead atoms. The first-order valence-electron chi connectivity index (χ1n) is 12.4. The number of rotatable bonds is 5. The van der Waals surface area contributed by atoms with Crippen molar-refractivity contribution in [2.45, 2.75) is 5.51 Å². The Kier molecular flexibility index (Phi) is 5.97. The lowest BCUT2D eigenvalue weighted by atomic mass is 10.1. The second-order valence-electron chi connectivity index (χ2n) is 9.32. The molecule has 0 aliphatic rings. The smallest absolute Gasteiger partial charge is 0.376 e. The van der Waals surface area contributed by atoms with Gasteiger partial charge >= 0.3 is 15.6 Å². The summed E-state index contributed by atoms with van der Waals surface area (Å²) in [7, 11) is -5.79. The van der Waals surface area contributed by atoms with E-state index in [4.69, 9.17) is 0 Å². The van der Waals surface area contributed by atoms with Crippen LogP contribution >= 0.6 is 22.7 Å². The van der Waals surface area contributed by atoms with Gasteiger partial charge in [-0.3, -0.25) is 0 Å². The molecule has 7 rings (SSSR count). The van der Waals surface area contributed by atoms with E-state index in [9.17, 15) is 21.6 Å². The Morgan fingerprint density at radius 2 is 1.05 bits per heavy atom. The van der Waals surface area contributed by atoms with E-state index in [2.05, 4.69) is 45.5 Å². The molecule has 5 aromatic carbocycles. The maximum Gasteiger partial charge on any atom is 0.534 e. The first-order valence-corrected chi connectivity index (χ1v) is 15.5. The third-order valence-corrected chi connectivity index (χ3v) is 10.2. The van der Waals surface area contributed by atoms with Gasteiger partial charge in [-0.2, -0.15) is 21.6 Å². The van der Waals surface area contributed by atoms with Gasteiger partial charge in [-0.1, -0.05) is 60.7 Å². The van der Waals surface area contributed by atoms with Crippen molar-refractivity contribution in [1.29, 1.82) is 0 Å². The molecule has 0 atom stereocenters. The van der Waals surface area contributed by atoms with E-state index >= 15 is 0 Å². The molecule has 0 saturated carbocycles. The zero-order valence-corrected chi connectivity index (χ0v) is 23.4. The molecule has 204 valence electrons. The fourth-order valence-electron chi connectivity index (χ4n) is 5.05. The number of halogens is 3. The minimum atomic E-state index is -5.79. The molecule has 4 nitrogen and oxygen atoms in total. The number of nitrogens with zero attached hydrogens (tertiary/aromatic N) is 1. The first-order chi connectivity index (χ1) is 19.7. The molecule has 0 aliphatic carbocycles. The summed E-state index contributed by atoms with van der Waals surface area (Å²) in [5, 5.41) is 4.45. The van der Waals surface area contributed by atoms with Gasteiger partial charge in [-0.05, 0) is 48.5 Å². The molecule has 0 radical (unpaired) electrons. The van der Waals surface area contributed by atoms with E-state index in [0.29, 0.717) is 5.69 Å². The highest BCUT2D eigenvalue weighted by Crippen LogP contribution is 2.48. The van der Waals surface area contributed by atoms with Crippen LogP contribution < -0.4 is 9.08 Å². The zero-order chi connectivity index (χ0) is 28.4. The summed E-state index contributed by atoms with van der Waals surface area (Å²) in [5.74, 6) is -0.425. The van der Waals surface area contributed by atoms with Crippen LogP contribution in [0.5, 0.6) is 5.75 Å². The van der Waals surface area contributed by atoms with E-state index in [-0.39, 0.29) is 0 Å². The predicted octanol–water partition coefficient (Wildman–Crippen LogP) is 10.1. The van der Waals surface area contributed by atoms with Crippen LogP contribution in [0, 0.1) is 0 Å². The minimum Gasteiger partial charge on any atom is -0.376 e. The topological polar surface area (TPSA) is 46.6 Å². The van der Waals surface area contributed by atoms with Crippen molar-refractivity contribution in [2.75, 3.05) is 4.90 Å². The number of anilines is 3. The number of hydrogen-bond donors (Lipinski definition) is 0. The van der Waals surface area contributed by atoms with Gasteiger partial charge in [-0.15, -0.1) is 22.7 Å². The molecule has 0 aliphatic heterocycles. The highest BCUT2D eigenvalue weighted by molar-refractivity contribution is 7.88. The van der Waals surface area contributed by atoms with Crippen LogP contribution in [0.25, 0.3) is 40.3 Å². The lowest BCUT2D eigenvalue weighted by Crippen LogP contribution is -2.28. The first kappa shape index (κ1) is 25.8. The third-order valence-electron chi connectivity index (χ3n) is 6.83. The van der Waals surface area contributed by atoms with Crippen molar-refractivity contribution in [1.82, 2.24) is 0 Å². The van der Waals surface area contributed by atoms with Gasteiger partial charge in [0.2, 0.25) is 0 Å². The SMILES string of the molecule is O=S(=O)(Oc1ccc(N(c2cccc3c2sc2ccccc23)c2cccc3c2sc2ccccc23)cc1)C(F)(F)F. The molecule has 0 saturated heterocycles. The van der Waals surface area contributed by atoms with Gasteiger partial charge in [-0.25, -0.2) is 0 Å². The molecule has 0 unspecified atom stereocenters. The highest BCUT2D eigenvalue weighted by Gasteiger charge is 2.48. The van der Waals surface area contributed by atoms with Crippen molar-refractivity contribution >= 4 is 90.2 Å². The predicted molar refractivity (Wildman–Crippen MR) is 163 cm³/mol. The van der Waals surface area contributed by atoms with E-state index in [1.807, 2.05) is 48.5 Å². The standard InChI is InChI=1S/C31H18F3NO3S3/c32-31(33,34)41(36,37)38-20-17-15-19(16-18-20)35(25-11-5-9-23-21-7-1-3-13-27(21)39-29(23)25)26-12-6-10-24-22-8-2-4-14-28(22)40-30(24)26/h1-18H. The molecule has 2 heterocycles. The summed E-state index contributed by atoms with van der Waals surface area (Å²) < 4.78 is 70.7. The fraction of sp³-hybridized carbons (Fsp3) is 0.0323. The normalized spacial score (nSPS) is 12.5. The van der Waals surface area contributed by atoms with Crippen LogP contribution in [0.1, 0.15) is 0 Å². The Balaban J connectivity index is 1.46. The Bertz CT molecular complexity index is 2090. The van der Waals surface area contributed by atoms with E-state index < -0.39 is 21.4 Å². The van der Waals surface area contributed by atoms with Gasteiger partial charge in [0.25, 0.3) is 0 Å². The van der Waals surface area contributed by atoms with Crippen LogP contribution in [0.15, 0.2) is 109 Å². The molecule has 7 aromatic rings. The number of fused-ring (bicyclic) bond motifs is 6. The van der Waals surface area contributed by atoms with E-state index in [1.54, 1.807) is 34.8 Å². The van der Waals surface area contributed by atoms with Crippen molar-refractivity contribution in [2.24, 2.45) is 0 Å². The average Bonchev–Trinajstić information content (AvgIpc) is 3.53. The number of thiophene rings is 2. The van der Waals surface area contributed by atoms with Crippen molar-refractivity contribution in [3.8, 4) is 5.75 Å². The second-order valence-corrected chi connectivity index (χ2v) is 13.0. The lowest BCUT2D eigenvalue weighted by Gasteiger charge is -2.26. The second kappa shape index (κ2) is 9.47. The van der Waals surface area contributed by atoms with Crippen molar-refractivity contribution < 1.29 is 25.8 Å². The molecular formula is C31H18F3NO3S3. The molecule has 10 heteroatoms. The maximum absolute atomic E-state index is 12.9. The molecule has 2 aromatic heterocycles. The highest BCUT2D eigenvalue weighted by atomic mass is 32.2. The van der Waals surface area contributed by atoms with Gasteiger partial charge in [0.1, 0.15) is 5.75 Å². The third kappa shape index (κ3) is 4.30. The summed E-state index contributed by atoms with van der Waals surface area (Å²) in [5.41, 5.74) is -3.10. The summed E-state index contributed by atoms with van der Waals surface area (Å²) in [6, 6.07) is 34.1. The molecule has 0 spiro atoms. The van der Waals surface area contributed by atoms with Crippen LogP contribution in [-0.4, -0.2) is 13.9 Å². The van der Waals surface area contributed by atoms with E-state index in [0.717, 1.165) is 51.7 Å². The zero-order valence-electron chi connectivity index (χ0n) is 20.9. The van der Waals surface area contributed by atoms with Crippen LogP contribution in [0.4, 0.5) is 30.2 Å². The molecule has 41 heavy (non-hydrogen) atoms. The summed E-state index contributed by atoms with van der Waals surface area (Å²) in [6.45, 7) is 0. The average molecular weight is 606 g/mol. The molecule has 0 N–H and O–H groups in total. The number of alkyl halides is 3. The van der Waals surface area contributed by atoms with Crippen molar-refractivity contribution in [3.05, 3.63) is 109 Å². The number of hydrogen-bond acceptors (Lipinski definition) is 6. The van der Waals surface area contributed by atoms with Gasteiger partial charge in [0, 0.05) is 36.6 Å². The quantitative estimate of drug-likeness (QED) is 0.145. The molecule has 0 fully saturated rings. The summed E-state index contributed by atoms with van der Waals surface area (Å²) in [4.78, 5) is 2.07. The van der Waals surface area contributed by atoms with Crippen LogP contribution in [-0.2, 0) is 10.1 Å². The summed E-state index contributed by atoms with van der Waals surface area (Å²) in [6.07, 6.45) is 0. The van der Waals surface area contributed by atoms with Gasteiger partial charge < -0.3 is 9.08 Å². The largest absolute Gasteiger partial charge is 0.534 e. The van der Waals surface area contributed by atoms with Gasteiger partial charge in [0.05, 0.1) is 20.8 Å². The Morgan fingerprint density at radius 1 is 0.585 bits per heavy atom. The lowest BCUT2D eigenvalue weighted by molar-refractivity contribution is -0.0500. The Morgan fingerprint density at radius 3 is 1.54 bits per heavy atom. The Labute approximate surface area is 240 Å². The summed E-state index contributed by atoms with van der Waals surface area (Å²) >= 11 is 3.33. The molecular weight excluding hydrogens is 588 g/mol. The van der Waals surface area contributed by atoms with Gasteiger partial charge in [0.15, 0.2) is 0 Å². The van der Waals surface area contributed by atoms with Crippen LogP contribution in [0.3, 0.4) is 0 Å². The molecule has 0 amide bonds. The van der Waals surface area contributed by atoms with E-state index in [1.165, 1.54) is 12.1 Å². The maximum atomic E-state index is 12.9. The fourth-order valence-corrected chi connectivity index (χ4v) is 7.92. The minimum absolute atomic E-state index is 0.425. The Hall–Kier alpha value is -4.12.